The highest BCUT2D eigenvalue weighted by Crippen LogP contribution is 2.65. The fraction of sp³-hybridized carbons (Fsp3) is 0.400. The second kappa shape index (κ2) is 13.6. The van der Waals surface area contributed by atoms with E-state index in [0.717, 1.165) is 42.7 Å². The molecule has 13 heteroatoms. The number of fused-ring (bicyclic) bond motifs is 4. The van der Waals surface area contributed by atoms with E-state index in [1.807, 2.05) is 6.08 Å². The first-order valence-electron chi connectivity index (χ1n) is 17.9. The van der Waals surface area contributed by atoms with Crippen LogP contribution in [-0.2, 0) is 24.6 Å². The number of allylic oxidation sites excluding steroid dienone is 2. The number of hydrogen-bond donors (Lipinski definition) is 2. The molecule has 2 aliphatic heterocycles. The van der Waals surface area contributed by atoms with Gasteiger partial charge in [0.25, 0.3) is 11.8 Å². The number of hydrazine groups is 1. The van der Waals surface area contributed by atoms with Crippen LogP contribution < -0.4 is 14.9 Å². The van der Waals surface area contributed by atoms with Gasteiger partial charge in [0.05, 0.1) is 53.1 Å². The number of anilines is 1. The molecule has 6 atom stereocenters. The van der Waals surface area contributed by atoms with Crippen LogP contribution >= 0.6 is 34.8 Å². The quantitative estimate of drug-likeness (QED) is 0.185. The Labute approximate surface area is 321 Å². The van der Waals surface area contributed by atoms with Gasteiger partial charge in [-0.05, 0) is 85.2 Å². The van der Waals surface area contributed by atoms with E-state index in [1.54, 1.807) is 55.6 Å². The Hall–Kier alpha value is -4.25. The normalized spacial score (nSPS) is 28.4. The number of ether oxygens (including phenoxy) is 2. The zero-order valence-corrected chi connectivity index (χ0v) is 31.4. The number of nitrogens with one attached hydrogen (secondary N) is 1. The van der Waals surface area contributed by atoms with Gasteiger partial charge < -0.3 is 14.6 Å². The summed E-state index contributed by atoms with van der Waals surface area (Å²) in [5.41, 5.74) is 3.53. The minimum absolute atomic E-state index is 0.00696. The molecule has 8 rings (SSSR count). The number of aromatic hydroxyl groups is 1. The number of benzene rings is 3. The molecule has 2 saturated heterocycles. The van der Waals surface area contributed by atoms with E-state index in [0.29, 0.717) is 34.0 Å². The maximum Gasteiger partial charge on any atom is 0.260 e. The predicted molar refractivity (Wildman–Crippen MR) is 199 cm³/mol. The highest BCUT2D eigenvalue weighted by molar-refractivity contribution is 6.36. The molecular formula is C40H38Cl3N3O7. The summed E-state index contributed by atoms with van der Waals surface area (Å²) >= 11 is 19.4. The average Bonchev–Trinajstić information content (AvgIpc) is 3.54. The van der Waals surface area contributed by atoms with Crippen LogP contribution in [0.25, 0.3) is 0 Å². The highest BCUT2D eigenvalue weighted by atomic mass is 35.5. The van der Waals surface area contributed by atoms with Crippen LogP contribution in [0.3, 0.4) is 0 Å². The van der Waals surface area contributed by atoms with Crippen LogP contribution in [0.2, 0.25) is 15.1 Å². The van der Waals surface area contributed by atoms with Crippen molar-refractivity contribution >= 4 is 64.1 Å². The molecule has 3 aliphatic carbocycles. The highest BCUT2D eigenvalue weighted by Gasteiger charge is 2.70. The SMILES string of the molecule is COc1ccc(C23C(=O)N(Nc4ccc(Cl)cc4Cl)C(=O)C2CC2C(=CCC4C(=O)N(C5CCCCC5)C(=O)C42)C3c2cc(Cl)c(O)c(OC)c2)cc1. The average molecular weight is 779 g/mol. The third kappa shape index (κ3) is 5.42. The van der Waals surface area contributed by atoms with E-state index in [1.165, 1.54) is 18.1 Å². The number of likely N-dealkylation sites (tertiary alicyclic amines) is 1. The van der Waals surface area contributed by atoms with Gasteiger partial charge in [-0.1, -0.05) is 77.8 Å². The molecule has 0 aromatic heterocycles. The van der Waals surface area contributed by atoms with Gasteiger partial charge in [0.2, 0.25) is 11.8 Å². The van der Waals surface area contributed by atoms with E-state index >= 15 is 4.79 Å². The Bertz CT molecular complexity index is 2070. The molecule has 4 amide bonds. The van der Waals surface area contributed by atoms with E-state index in [2.05, 4.69) is 5.43 Å². The summed E-state index contributed by atoms with van der Waals surface area (Å²) in [7, 11) is 2.94. The lowest BCUT2D eigenvalue weighted by atomic mass is 9.49. The molecule has 10 nitrogen and oxygen atoms in total. The summed E-state index contributed by atoms with van der Waals surface area (Å²) in [6.07, 6.45) is 6.97. The zero-order valence-electron chi connectivity index (χ0n) is 29.1. The van der Waals surface area contributed by atoms with Crippen LogP contribution in [0.4, 0.5) is 5.69 Å². The van der Waals surface area contributed by atoms with Gasteiger partial charge in [0, 0.05) is 17.0 Å². The Morgan fingerprint density at radius 2 is 1.57 bits per heavy atom. The number of imide groups is 2. The van der Waals surface area contributed by atoms with Gasteiger partial charge in [-0.2, -0.15) is 5.01 Å². The molecule has 0 spiro atoms. The topological polar surface area (TPSA) is 125 Å². The number of halogens is 3. The number of phenolic OH excluding ortho intramolecular Hbond substituents is 1. The molecular weight excluding hydrogens is 741 g/mol. The smallest absolute Gasteiger partial charge is 0.260 e. The van der Waals surface area contributed by atoms with Crippen molar-refractivity contribution in [3.05, 3.63) is 92.4 Å². The molecule has 6 unspecified atom stereocenters. The van der Waals surface area contributed by atoms with E-state index < -0.39 is 46.8 Å². The number of nitrogens with zero attached hydrogens (tertiary/aromatic N) is 2. The van der Waals surface area contributed by atoms with E-state index in [4.69, 9.17) is 44.3 Å². The minimum Gasteiger partial charge on any atom is -0.503 e. The number of methoxy groups -OCH3 is 2. The lowest BCUT2D eigenvalue weighted by molar-refractivity contribution is -0.144. The second-order valence-corrected chi connectivity index (χ2v) is 15.9. The number of phenols is 1. The van der Waals surface area contributed by atoms with Gasteiger partial charge in [0.15, 0.2) is 11.5 Å². The minimum atomic E-state index is -1.58. The Morgan fingerprint density at radius 1 is 0.830 bits per heavy atom. The third-order valence-electron chi connectivity index (χ3n) is 12.2. The van der Waals surface area contributed by atoms with Crippen LogP contribution in [0.5, 0.6) is 17.2 Å². The molecule has 0 bridgehead atoms. The van der Waals surface area contributed by atoms with Crippen molar-refractivity contribution < 1.29 is 33.8 Å². The number of carbonyl (C=O) groups excluding carboxylic acids is 4. The lowest BCUT2D eigenvalue weighted by Gasteiger charge is -2.50. The predicted octanol–water partition coefficient (Wildman–Crippen LogP) is 7.69. The van der Waals surface area contributed by atoms with E-state index in [-0.39, 0.29) is 45.8 Å². The molecule has 2 heterocycles. The van der Waals surface area contributed by atoms with Gasteiger partial charge in [-0.3, -0.25) is 29.5 Å². The van der Waals surface area contributed by atoms with Crippen molar-refractivity contribution in [1.29, 1.82) is 0 Å². The Morgan fingerprint density at radius 3 is 2.25 bits per heavy atom. The fourth-order valence-electron chi connectivity index (χ4n) is 9.86. The summed E-state index contributed by atoms with van der Waals surface area (Å²) in [6.45, 7) is 0. The second-order valence-electron chi connectivity index (χ2n) is 14.6. The van der Waals surface area contributed by atoms with Crippen molar-refractivity contribution in [1.82, 2.24) is 9.91 Å². The van der Waals surface area contributed by atoms with Crippen LogP contribution in [0.1, 0.15) is 62.0 Å². The van der Waals surface area contributed by atoms with E-state index in [9.17, 15) is 19.5 Å². The third-order valence-corrected chi connectivity index (χ3v) is 13.0. The van der Waals surface area contributed by atoms with Crippen molar-refractivity contribution in [3.8, 4) is 17.2 Å². The fourth-order valence-corrected chi connectivity index (χ4v) is 10.5. The molecule has 4 fully saturated rings. The lowest BCUT2D eigenvalue weighted by Crippen LogP contribution is -2.53. The summed E-state index contributed by atoms with van der Waals surface area (Å²) < 4.78 is 11.0. The Kier molecular flexibility index (Phi) is 9.15. The van der Waals surface area contributed by atoms with Gasteiger partial charge in [0.1, 0.15) is 5.75 Å². The zero-order chi connectivity index (χ0) is 37.3. The maximum atomic E-state index is 15.4. The standard InChI is InChI=1S/C40H38Cl3N3O7/c1-52-24-11-8-21(9-12-24)40-28(37(49)46(39(40)51)44-31-15-10-22(41)18-29(31)42)19-27-25(34(40)20-16-30(43)35(47)32(17-20)53-2)13-14-26-33(27)38(50)45(36(26)48)23-6-4-3-5-7-23/h8-13,15-18,23,26-28,33-34,44,47H,3-7,14,19H2,1-2H3. The molecule has 5 aliphatic rings. The van der Waals surface area contributed by atoms with Crippen LogP contribution in [0, 0.1) is 23.7 Å². The molecule has 2 N–H and O–H groups in total. The number of hydrogen-bond acceptors (Lipinski definition) is 8. The maximum absolute atomic E-state index is 15.4. The summed E-state index contributed by atoms with van der Waals surface area (Å²) in [5.74, 6) is -4.75. The van der Waals surface area contributed by atoms with Gasteiger partial charge >= 0.3 is 0 Å². The van der Waals surface area contributed by atoms with Crippen molar-refractivity contribution in [2.45, 2.75) is 62.3 Å². The summed E-state index contributed by atoms with van der Waals surface area (Å²) in [5, 5.41) is 12.4. The molecule has 2 saturated carbocycles. The Balaban J connectivity index is 1.34. The molecule has 3 aromatic rings. The molecule has 3 aromatic carbocycles. The van der Waals surface area contributed by atoms with Gasteiger partial charge in [-0.15, -0.1) is 0 Å². The first-order chi connectivity index (χ1) is 25.5. The van der Waals surface area contributed by atoms with Crippen molar-refractivity contribution in [2.24, 2.45) is 23.7 Å². The van der Waals surface area contributed by atoms with Gasteiger partial charge in [-0.25, -0.2) is 0 Å². The summed E-state index contributed by atoms with van der Waals surface area (Å²) in [6, 6.07) is 14.8. The number of carbonyl (C=O) groups is 4. The van der Waals surface area contributed by atoms with Crippen molar-refractivity contribution in [3.63, 3.8) is 0 Å². The number of rotatable bonds is 7. The molecule has 0 radical (unpaired) electrons. The first-order valence-corrected chi connectivity index (χ1v) is 19.0. The van der Waals surface area contributed by atoms with Crippen LogP contribution in [-0.4, -0.2) is 58.9 Å². The van der Waals surface area contributed by atoms with Crippen molar-refractivity contribution in [2.75, 3.05) is 19.6 Å². The first kappa shape index (κ1) is 35.8. The number of amides is 4. The monoisotopic (exact) mass is 777 g/mol. The largest absolute Gasteiger partial charge is 0.503 e. The molecule has 276 valence electrons. The van der Waals surface area contributed by atoms with Crippen LogP contribution in [0.15, 0.2) is 66.2 Å². The molecule has 53 heavy (non-hydrogen) atoms. The summed E-state index contributed by atoms with van der Waals surface area (Å²) in [4.78, 5) is 60.6.